The van der Waals surface area contributed by atoms with Crippen LogP contribution in [0, 0.1) is 6.92 Å². The molecule has 5 rings (SSSR count). The van der Waals surface area contributed by atoms with E-state index in [2.05, 4.69) is 4.98 Å². The minimum absolute atomic E-state index is 0.0111. The Hall–Kier alpha value is -3.91. The summed E-state index contributed by atoms with van der Waals surface area (Å²) in [5.74, 6) is -1.35. The molecule has 1 aliphatic heterocycles. The summed E-state index contributed by atoms with van der Waals surface area (Å²) in [7, 11) is 1.52. The number of aliphatic hydroxyl groups excluding tert-OH is 1. The number of amides is 1. The zero-order chi connectivity index (χ0) is 22.4. The highest BCUT2D eigenvalue weighted by Gasteiger charge is 2.46. The maximum atomic E-state index is 13.6. The van der Waals surface area contributed by atoms with Gasteiger partial charge in [-0.1, -0.05) is 42.5 Å². The van der Waals surface area contributed by atoms with Gasteiger partial charge in [-0.2, -0.15) is 0 Å². The number of carbonyl (C=O) groups excluding carboxylic acids is 2. The standard InChI is InChI=1S/C24H18N2O5S/c1-13-12-32-24(25-13)26-19(14-7-4-3-5-8-14)18(21(28)23(26)29)20(27)17-11-15-9-6-10-16(30-2)22(15)31-17/h3-12,19,28H,1-2H3. The lowest BCUT2D eigenvalue weighted by Crippen LogP contribution is -2.31. The molecule has 0 saturated carbocycles. The molecule has 1 unspecified atom stereocenters. The van der Waals surface area contributed by atoms with Crippen molar-refractivity contribution in [2.75, 3.05) is 12.0 Å². The molecule has 4 aromatic rings. The Bertz CT molecular complexity index is 1390. The van der Waals surface area contributed by atoms with Crippen molar-refractivity contribution < 1.29 is 23.8 Å². The predicted molar refractivity (Wildman–Crippen MR) is 120 cm³/mol. The summed E-state index contributed by atoms with van der Waals surface area (Å²) in [6.07, 6.45) is 0. The van der Waals surface area contributed by atoms with Gasteiger partial charge in [-0.15, -0.1) is 11.3 Å². The molecule has 2 aromatic carbocycles. The number of hydrogen-bond acceptors (Lipinski definition) is 7. The molecule has 1 atom stereocenters. The molecule has 0 radical (unpaired) electrons. The van der Waals surface area contributed by atoms with E-state index in [1.165, 1.54) is 23.3 Å². The number of ether oxygens (including phenoxy) is 1. The van der Waals surface area contributed by atoms with Crippen molar-refractivity contribution in [2.45, 2.75) is 13.0 Å². The quantitative estimate of drug-likeness (QED) is 0.434. The van der Waals surface area contributed by atoms with Gasteiger partial charge in [0, 0.05) is 10.8 Å². The Morgan fingerprint density at radius 3 is 2.66 bits per heavy atom. The number of aliphatic hydroxyl groups is 1. The van der Waals surface area contributed by atoms with Crippen molar-refractivity contribution in [1.29, 1.82) is 0 Å². The first kappa shape index (κ1) is 20.0. The zero-order valence-corrected chi connectivity index (χ0v) is 18.1. The number of hydrogen-bond donors (Lipinski definition) is 1. The van der Waals surface area contributed by atoms with Crippen LogP contribution in [0.15, 0.2) is 75.7 Å². The number of Topliss-reactive ketones (excluding diaryl/α,β-unsaturated/α-hetero) is 1. The van der Waals surface area contributed by atoms with E-state index in [1.54, 1.807) is 36.4 Å². The van der Waals surface area contributed by atoms with E-state index >= 15 is 0 Å². The molecule has 1 aliphatic rings. The molecule has 1 N–H and O–H groups in total. The molecular weight excluding hydrogens is 428 g/mol. The summed E-state index contributed by atoms with van der Waals surface area (Å²) in [6, 6.07) is 15.1. The molecule has 8 heteroatoms. The fraction of sp³-hybridized carbons (Fsp3) is 0.125. The van der Waals surface area contributed by atoms with Gasteiger partial charge in [-0.05, 0) is 24.6 Å². The number of para-hydroxylation sites is 1. The number of anilines is 1. The summed E-state index contributed by atoms with van der Waals surface area (Å²) < 4.78 is 11.1. The third kappa shape index (κ3) is 3.07. The van der Waals surface area contributed by atoms with Crippen LogP contribution in [0.5, 0.6) is 5.75 Å². The number of aryl methyl sites for hydroxylation is 1. The number of methoxy groups -OCH3 is 1. The Kier molecular flexibility index (Phi) is 4.79. The van der Waals surface area contributed by atoms with Crippen LogP contribution in [0.25, 0.3) is 11.0 Å². The fourth-order valence-corrected chi connectivity index (χ4v) is 4.71. The third-order valence-corrected chi connectivity index (χ3v) is 6.29. The second-order valence-electron chi connectivity index (χ2n) is 7.34. The molecule has 0 spiro atoms. The van der Waals surface area contributed by atoms with Gasteiger partial charge in [0.15, 0.2) is 28.0 Å². The van der Waals surface area contributed by atoms with Gasteiger partial charge in [0.1, 0.15) is 0 Å². The minimum Gasteiger partial charge on any atom is -0.503 e. The second-order valence-corrected chi connectivity index (χ2v) is 8.18. The van der Waals surface area contributed by atoms with E-state index in [4.69, 9.17) is 9.15 Å². The summed E-state index contributed by atoms with van der Waals surface area (Å²) in [6.45, 7) is 1.82. The smallest absolute Gasteiger partial charge is 0.296 e. The van der Waals surface area contributed by atoms with Crippen molar-refractivity contribution in [1.82, 2.24) is 4.98 Å². The van der Waals surface area contributed by atoms with Crippen LogP contribution in [0.3, 0.4) is 0 Å². The highest BCUT2D eigenvalue weighted by Crippen LogP contribution is 2.43. The number of ketones is 1. The molecule has 0 fully saturated rings. The van der Waals surface area contributed by atoms with Crippen LogP contribution in [0.1, 0.15) is 27.9 Å². The van der Waals surface area contributed by atoms with Gasteiger partial charge in [-0.25, -0.2) is 4.98 Å². The van der Waals surface area contributed by atoms with Crippen molar-refractivity contribution >= 4 is 39.1 Å². The van der Waals surface area contributed by atoms with Gasteiger partial charge in [0.2, 0.25) is 5.78 Å². The zero-order valence-electron chi connectivity index (χ0n) is 17.2. The number of fused-ring (bicyclic) bond motifs is 1. The first-order valence-corrected chi connectivity index (χ1v) is 10.7. The number of nitrogens with zero attached hydrogens (tertiary/aromatic N) is 2. The summed E-state index contributed by atoms with van der Waals surface area (Å²) in [5, 5.41) is 13.7. The molecule has 0 saturated heterocycles. The Morgan fingerprint density at radius 1 is 1.19 bits per heavy atom. The molecule has 32 heavy (non-hydrogen) atoms. The summed E-state index contributed by atoms with van der Waals surface area (Å²) in [4.78, 5) is 32.5. The van der Waals surface area contributed by atoms with Crippen LogP contribution in [0.4, 0.5) is 5.13 Å². The topological polar surface area (TPSA) is 92.9 Å². The Balaban J connectivity index is 1.65. The van der Waals surface area contributed by atoms with Gasteiger partial charge in [0.25, 0.3) is 5.91 Å². The number of benzene rings is 2. The highest BCUT2D eigenvalue weighted by atomic mass is 32.1. The number of thiazole rings is 1. The molecule has 7 nitrogen and oxygen atoms in total. The van der Waals surface area contributed by atoms with Crippen LogP contribution in [0.2, 0.25) is 0 Å². The molecular formula is C24H18N2O5S. The van der Waals surface area contributed by atoms with Crippen LogP contribution < -0.4 is 9.64 Å². The van der Waals surface area contributed by atoms with E-state index in [1.807, 2.05) is 30.5 Å². The maximum Gasteiger partial charge on any atom is 0.296 e. The lowest BCUT2D eigenvalue weighted by Gasteiger charge is -2.24. The molecule has 0 aliphatic carbocycles. The van der Waals surface area contributed by atoms with E-state index in [9.17, 15) is 14.7 Å². The van der Waals surface area contributed by atoms with Crippen LogP contribution in [-0.2, 0) is 4.79 Å². The number of furan rings is 1. The summed E-state index contributed by atoms with van der Waals surface area (Å²) in [5.41, 5.74) is 1.79. The average Bonchev–Trinajstić information content (AvgIpc) is 3.50. The summed E-state index contributed by atoms with van der Waals surface area (Å²) >= 11 is 1.27. The second kappa shape index (κ2) is 7.65. The largest absolute Gasteiger partial charge is 0.503 e. The molecule has 160 valence electrons. The highest BCUT2D eigenvalue weighted by molar-refractivity contribution is 7.14. The average molecular weight is 446 g/mol. The SMILES string of the molecule is COc1cccc2cc(C(=O)C3=C(O)C(=O)N(c4nc(C)cs4)C3c3ccccc3)oc12. The molecule has 1 amide bonds. The third-order valence-electron chi connectivity index (χ3n) is 5.33. The Labute approximate surface area is 187 Å². The van der Waals surface area contributed by atoms with Crippen molar-refractivity contribution in [3.05, 3.63) is 88.3 Å². The first-order chi connectivity index (χ1) is 15.5. The van der Waals surface area contributed by atoms with E-state index in [-0.39, 0.29) is 11.3 Å². The monoisotopic (exact) mass is 446 g/mol. The Morgan fingerprint density at radius 2 is 1.97 bits per heavy atom. The van der Waals surface area contributed by atoms with Gasteiger partial charge in [0.05, 0.1) is 24.4 Å². The van der Waals surface area contributed by atoms with Crippen molar-refractivity contribution in [3.8, 4) is 5.75 Å². The fourth-order valence-electron chi connectivity index (χ4n) is 3.88. The lowest BCUT2D eigenvalue weighted by molar-refractivity contribution is -0.117. The van der Waals surface area contributed by atoms with Gasteiger partial charge >= 0.3 is 0 Å². The van der Waals surface area contributed by atoms with Gasteiger partial charge in [-0.3, -0.25) is 14.5 Å². The van der Waals surface area contributed by atoms with Gasteiger partial charge < -0.3 is 14.3 Å². The minimum atomic E-state index is -0.836. The van der Waals surface area contributed by atoms with E-state index in [0.717, 1.165) is 5.69 Å². The van der Waals surface area contributed by atoms with Crippen LogP contribution >= 0.6 is 11.3 Å². The number of rotatable bonds is 5. The molecule has 0 bridgehead atoms. The predicted octanol–water partition coefficient (Wildman–Crippen LogP) is 4.99. The van der Waals surface area contributed by atoms with Crippen molar-refractivity contribution in [3.63, 3.8) is 0 Å². The first-order valence-electron chi connectivity index (χ1n) is 9.84. The van der Waals surface area contributed by atoms with E-state index < -0.39 is 23.5 Å². The van der Waals surface area contributed by atoms with Crippen molar-refractivity contribution in [2.24, 2.45) is 0 Å². The van der Waals surface area contributed by atoms with Crippen LogP contribution in [-0.4, -0.2) is 28.9 Å². The molecule has 3 heterocycles. The number of aromatic nitrogens is 1. The normalized spacial score (nSPS) is 16.2. The number of carbonyl (C=O) groups is 2. The molecule has 2 aromatic heterocycles. The lowest BCUT2D eigenvalue weighted by atomic mass is 9.95. The maximum absolute atomic E-state index is 13.6. The van der Waals surface area contributed by atoms with E-state index in [0.29, 0.717) is 27.4 Å².